The molecule has 1 aromatic carbocycles. The molecule has 2 rings (SSSR count). The molecule has 1 aliphatic heterocycles. The molecule has 1 heterocycles. The second-order valence-corrected chi connectivity index (χ2v) is 4.40. The molecule has 0 saturated heterocycles. The van der Waals surface area contributed by atoms with Crippen LogP contribution in [0.2, 0.25) is 5.02 Å². The van der Waals surface area contributed by atoms with E-state index < -0.39 is 0 Å². The van der Waals surface area contributed by atoms with Crippen molar-refractivity contribution in [2.75, 3.05) is 6.54 Å². The summed E-state index contributed by atoms with van der Waals surface area (Å²) in [5.41, 5.74) is 6.67. The maximum atomic E-state index is 9.88. The molecule has 0 bridgehead atoms. The van der Waals surface area contributed by atoms with Crippen LogP contribution in [0.5, 0.6) is 5.75 Å². The number of hydrazone groups is 1. The standard InChI is InChI=1S/C11H13ClN4O.ClH/c1-6-5-16(11(13)14)15-9(6)7-3-2-4-8(12)10(7)17;/h2-4,6,17H,5H2,1H3,(H3,13,14);1H/t6-;/m0./s1. The highest BCUT2D eigenvalue weighted by Crippen LogP contribution is 2.31. The molecule has 5 nitrogen and oxygen atoms in total. The minimum atomic E-state index is -0.103. The number of aromatic hydroxyl groups is 1. The number of benzene rings is 1. The zero-order valence-electron chi connectivity index (χ0n) is 9.72. The quantitative estimate of drug-likeness (QED) is 0.546. The highest BCUT2D eigenvalue weighted by molar-refractivity contribution is 6.32. The van der Waals surface area contributed by atoms with Crippen LogP contribution in [0.15, 0.2) is 23.3 Å². The number of phenols is 1. The number of rotatable bonds is 1. The van der Waals surface area contributed by atoms with Gasteiger partial charge in [-0.15, -0.1) is 12.4 Å². The van der Waals surface area contributed by atoms with E-state index in [0.29, 0.717) is 22.8 Å². The van der Waals surface area contributed by atoms with Gasteiger partial charge in [-0.05, 0) is 12.1 Å². The van der Waals surface area contributed by atoms with Crippen LogP contribution >= 0.6 is 24.0 Å². The molecule has 0 amide bonds. The summed E-state index contributed by atoms with van der Waals surface area (Å²) in [6.07, 6.45) is 0. The van der Waals surface area contributed by atoms with Gasteiger partial charge in [0.2, 0.25) is 5.96 Å². The molecular formula is C11H14Cl2N4O. The van der Waals surface area contributed by atoms with Crippen LogP contribution in [0.1, 0.15) is 12.5 Å². The van der Waals surface area contributed by atoms with Crippen LogP contribution in [-0.4, -0.2) is 28.3 Å². The van der Waals surface area contributed by atoms with Crippen molar-refractivity contribution in [3.05, 3.63) is 28.8 Å². The molecule has 18 heavy (non-hydrogen) atoms. The average molecular weight is 289 g/mol. The molecule has 1 aliphatic rings. The molecular weight excluding hydrogens is 275 g/mol. The molecule has 1 atom stereocenters. The summed E-state index contributed by atoms with van der Waals surface area (Å²) in [4.78, 5) is 0. The smallest absolute Gasteiger partial charge is 0.209 e. The summed E-state index contributed by atoms with van der Waals surface area (Å²) in [5, 5.41) is 23.1. The van der Waals surface area contributed by atoms with Crippen molar-refractivity contribution in [2.24, 2.45) is 16.8 Å². The SMILES string of the molecule is C[C@H]1CN(C(=N)N)N=C1c1cccc(Cl)c1O.Cl. The van der Waals surface area contributed by atoms with Crippen molar-refractivity contribution in [1.82, 2.24) is 5.01 Å². The third kappa shape index (κ3) is 2.52. The van der Waals surface area contributed by atoms with Gasteiger partial charge in [0.15, 0.2) is 0 Å². The largest absolute Gasteiger partial charge is 0.506 e. The predicted octanol–water partition coefficient (Wildman–Crippen LogP) is 2.02. The number of nitrogens with one attached hydrogen (secondary N) is 1. The van der Waals surface area contributed by atoms with Gasteiger partial charge in [-0.2, -0.15) is 5.10 Å². The Morgan fingerprint density at radius 1 is 1.61 bits per heavy atom. The lowest BCUT2D eigenvalue weighted by Gasteiger charge is -2.10. The first kappa shape index (κ1) is 14.6. The van der Waals surface area contributed by atoms with Crippen molar-refractivity contribution in [2.45, 2.75) is 6.92 Å². The van der Waals surface area contributed by atoms with Gasteiger partial charge in [-0.3, -0.25) is 5.41 Å². The zero-order chi connectivity index (χ0) is 12.6. The Labute approximate surface area is 116 Å². The Balaban J connectivity index is 0.00000162. The van der Waals surface area contributed by atoms with E-state index in [0.717, 1.165) is 0 Å². The van der Waals surface area contributed by atoms with Gasteiger partial charge in [-0.25, -0.2) is 5.01 Å². The Morgan fingerprint density at radius 3 is 2.83 bits per heavy atom. The fraction of sp³-hybridized carbons (Fsp3) is 0.273. The second-order valence-electron chi connectivity index (χ2n) is 3.99. The van der Waals surface area contributed by atoms with Gasteiger partial charge in [0.05, 0.1) is 17.3 Å². The number of halogens is 2. The van der Waals surface area contributed by atoms with Crippen molar-refractivity contribution < 1.29 is 5.11 Å². The van der Waals surface area contributed by atoms with Crippen molar-refractivity contribution in [1.29, 1.82) is 5.41 Å². The van der Waals surface area contributed by atoms with Crippen LogP contribution in [0.25, 0.3) is 0 Å². The number of hydrogen-bond donors (Lipinski definition) is 3. The minimum Gasteiger partial charge on any atom is -0.506 e. The van der Waals surface area contributed by atoms with Crippen LogP contribution in [0, 0.1) is 11.3 Å². The fourth-order valence-corrected chi connectivity index (χ4v) is 1.98. The maximum absolute atomic E-state index is 9.88. The molecule has 98 valence electrons. The highest BCUT2D eigenvalue weighted by atomic mass is 35.5. The predicted molar refractivity (Wildman–Crippen MR) is 74.7 cm³/mol. The first-order chi connectivity index (χ1) is 8.00. The normalized spacial score (nSPS) is 18.2. The maximum Gasteiger partial charge on any atom is 0.209 e. The van der Waals surface area contributed by atoms with E-state index in [1.54, 1.807) is 18.2 Å². The molecule has 0 radical (unpaired) electrons. The van der Waals surface area contributed by atoms with E-state index in [2.05, 4.69) is 5.10 Å². The lowest BCUT2D eigenvalue weighted by Crippen LogP contribution is -2.31. The summed E-state index contributed by atoms with van der Waals surface area (Å²) < 4.78 is 0. The minimum absolute atomic E-state index is 0. The monoisotopic (exact) mass is 288 g/mol. The first-order valence-electron chi connectivity index (χ1n) is 5.18. The van der Waals surface area contributed by atoms with E-state index in [-0.39, 0.29) is 30.0 Å². The summed E-state index contributed by atoms with van der Waals surface area (Å²) in [7, 11) is 0. The lowest BCUT2D eigenvalue weighted by atomic mass is 9.99. The lowest BCUT2D eigenvalue weighted by molar-refractivity contribution is 0.448. The Morgan fingerprint density at radius 2 is 2.28 bits per heavy atom. The van der Waals surface area contributed by atoms with Crippen LogP contribution in [-0.2, 0) is 0 Å². The second kappa shape index (κ2) is 5.46. The molecule has 0 aliphatic carbocycles. The van der Waals surface area contributed by atoms with Crippen molar-refractivity contribution in [3.8, 4) is 5.75 Å². The average Bonchev–Trinajstić information content (AvgIpc) is 2.65. The van der Waals surface area contributed by atoms with Gasteiger partial charge >= 0.3 is 0 Å². The molecule has 0 saturated carbocycles. The highest BCUT2D eigenvalue weighted by Gasteiger charge is 2.27. The topological polar surface area (TPSA) is 85.7 Å². The number of para-hydroxylation sites is 1. The number of phenolic OH excluding ortho intramolecular Hbond substituents is 1. The van der Waals surface area contributed by atoms with E-state index in [1.165, 1.54) is 5.01 Å². The van der Waals surface area contributed by atoms with Gasteiger partial charge < -0.3 is 10.8 Å². The number of guanidine groups is 1. The summed E-state index contributed by atoms with van der Waals surface area (Å²) >= 11 is 5.85. The number of nitrogens with two attached hydrogens (primary N) is 1. The molecule has 1 aromatic rings. The molecule has 7 heteroatoms. The number of nitrogens with zero attached hydrogens (tertiary/aromatic N) is 2. The Bertz CT molecular complexity index is 504. The summed E-state index contributed by atoms with van der Waals surface area (Å²) in [5.74, 6) is 0.00167. The van der Waals surface area contributed by atoms with Crippen LogP contribution in [0.3, 0.4) is 0 Å². The van der Waals surface area contributed by atoms with Crippen molar-refractivity contribution in [3.63, 3.8) is 0 Å². The third-order valence-electron chi connectivity index (χ3n) is 2.68. The zero-order valence-corrected chi connectivity index (χ0v) is 11.3. The van der Waals surface area contributed by atoms with Gasteiger partial charge in [0.25, 0.3) is 0 Å². The van der Waals surface area contributed by atoms with Gasteiger partial charge in [0, 0.05) is 11.5 Å². The van der Waals surface area contributed by atoms with Crippen molar-refractivity contribution >= 4 is 35.7 Å². The molecule has 0 unspecified atom stereocenters. The molecule has 0 fully saturated rings. The molecule has 0 spiro atoms. The van der Waals surface area contributed by atoms with Crippen LogP contribution in [0.4, 0.5) is 0 Å². The van der Waals surface area contributed by atoms with E-state index in [9.17, 15) is 5.11 Å². The Kier molecular flexibility index (Phi) is 4.43. The Hall–Kier alpha value is -1.46. The van der Waals surface area contributed by atoms with Crippen LogP contribution < -0.4 is 5.73 Å². The van der Waals surface area contributed by atoms with Gasteiger partial charge in [0.1, 0.15) is 5.75 Å². The molecule has 0 aromatic heterocycles. The van der Waals surface area contributed by atoms with Gasteiger partial charge in [-0.1, -0.05) is 24.6 Å². The summed E-state index contributed by atoms with van der Waals surface area (Å²) in [6.45, 7) is 2.50. The van der Waals surface area contributed by atoms with E-state index in [4.69, 9.17) is 22.7 Å². The third-order valence-corrected chi connectivity index (χ3v) is 2.99. The fourth-order valence-electron chi connectivity index (χ4n) is 1.81. The first-order valence-corrected chi connectivity index (χ1v) is 5.56. The summed E-state index contributed by atoms with van der Waals surface area (Å²) in [6, 6.07) is 5.12. The van der Waals surface area contributed by atoms with E-state index in [1.807, 2.05) is 6.92 Å². The molecule has 4 N–H and O–H groups in total. The van der Waals surface area contributed by atoms with E-state index >= 15 is 0 Å². The number of hydrogen-bond acceptors (Lipinski definition) is 3.